The predicted octanol–water partition coefficient (Wildman–Crippen LogP) is 3.48. The molecule has 2 aromatic rings. The first-order chi connectivity index (χ1) is 14.6. The summed E-state index contributed by atoms with van der Waals surface area (Å²) in [5.74, 6) is 0.00498. The Bertz CT molecular complexity index is 851. The summed E-state index contributed by atoms with van der Waals surface area (Å²) in [6.45, 7) is 1.21. The first-order valence-corrected chi connectivity index (χ1v) is 10.9. The highest BCUT2D eigenvalue weighted by Gasteiger charge is 2.28. The SMILES string of the molecule is COCCNC(=O)C1=C[C@@H](c2ccc(I)cc2)C[C@@H](OCc2ccc(CO)cc2)O1. The minimum atomic E-state index is -0.542. The zero-order chi connectivity index (χ0) is 21.3. The molecule has 30 heavy (non-hydrogen) atoms. The van der Waals surface area contributed by atoms with Crippen molar-refractivity contribution in [3.63, 3.8) is 0 Å². The third-order valence-electron chi connectivity index (χ3n) is 4.81. The van der Waals surface area contributed by atoms with Gasteiger partial charge in [0.15, 0.2) is 5.76 Å². The van der Waals surface area contributed by atoms with Gasteiger partial charge in [0.1, 0.15) is 0 Å². The van der Waals surface area contributed by atoms with E-state index in [-0.39, 0.29) is 24.2 Å². The lowest BCUT2D eigenvalue weighted by Crippen LogP contribution is -2.34. The fraction of sp³-hybridized carbons (Fsp3) is 0.348. The zero-order valence-corrected chi connectivity index (χ0v) is 19.0. The number of carbonyl (C=O) groups excluding carboxylic acids is 1. The molecule has 0 saturated carbocycles. The number of carbonyl (C=O) groups is 1. The Morgan fingerprint density at radius 2 is 1.87 bits per heavy atom. The fourth-order valence-corrected chi connectivity index (χ4v) is 3.50. The van der Waals surface area contributed by atoms with Crippen LogP contribution in [0.25, 0.3) is 0 Å². The average Bonchev–Trinajstić information content (AvgIpc) is 2.78. The molecule has 0 saturated heterocycles. The number of hydrogen-bond donors (Lipinski definition) is 2. The molecule has 1 aliphatic rings. The fourth-order valence-electron chi connectivity index (χ4n) is 3.14. The number of amides is 1. The van der Waals surface area contributed by atoms with Crippen molar-refractivity contribution in [1.82, 2.24) is 5.32 Å². The van der Waals surface area contributed by atoms with Crippen LogP contribution in [0.1, 0.15) is 29.0 Å². The predicted molar refractivity (Wildman–Crippen MR) is 122 cm³/mol. The van der Waals surface area contributed by atoms with Gasteiger partial charge in [0, 0.05) is 29.6 Å². The molecule has 0 unspecified atom stereocenters. The van der Waals surface area contributed by atoms with Crippen LogP contribution < -0.4 is 5.32 Å². The molecule has 1 heterocycles. The summed E-state index contributed by atoms with van der Waals surface area (Å²) in [5, 5.41) is 12.0. The molecule has 7 heteroatoms. The van der Waals surface area contributed by atoms with Crippen LogP contribution >= 0.6 is 22.6 Å². The number of aliphatic hydroxyl groups excluding tert-OH is 1. The minimum absolute atomic E-state index is 0.0108. The van der Waals surface area contributed by atoms with Crippen molar-refractivity contribution in [1.29, 1.82) is 0 Å². The molecule has 1 amide bonds. The highest BCUT2D eigenvalue weighted by Crippen LogP contribution is 2.32. The van der Waals surface area contributed by atoms with Gasteiger partial charge in [-0.25, -0.2) is 0 Å². The van der Waals surface area contributed by atoms with Crippen molar-refractivity contribution in [2.24, 2.45) is 0 Å². The lowest BCUT2D eigenvalue weighted by Gasteiger charge is -2.29. The second-order valence-electron chi connectivity index (χ2n) is 7.01. The summed E-state index contributed by atoms with van der Waals surface area (Å²) >= 11 is 2.27. The van der Waals surface area contributed by atoms with E-state index in [0.717, 1.165) is 20.3 Å². The number of rotatable bonds is 9. The standard InChI is InChI=1S/C23H26INO5/c1-28-11-10-25-23(27)21-12-19(18-6-8-20(24)9-7-18)13-22(30-21)29-15-17-4-2-16(14-26)3-5-17/h2-9,12,19,22,26H,10-11,13-15H2,1H3,(H,25,27)/t19-,22+/m1/s1. The molecular weight excluding hydrogens is 497 g/mol. The highest BCUT2D eigenvalue weighted by molar-refractivity contribution is 14.1. The summed E-state index contributed by atoms with van der Waals surface area (Å²) in [4.78, 5) is 12.6. The van der Waals surface area contributed by atoms with Gasteiger partial charge in [-0.05, 0) is 57.5 Å². The number of allylic oxidation sites excluding steroid dienone is 1. The smallest absolute Gasteiger partial charge is 0.286 e. The lowest BCUT2D eigenvalue weighted by atomic mass is 9.93. The molecule has 2 atom stereocenters. The van der Waals surface area contributed by atoms with E-state index in [0.29, 0.717) is 26.2 Å². The van der Waals surface area contributed by atoms with Crippen molar-refractivity contribution in [2.45, 2.75) is 31.8 Å². The van der Waals surface area contributed by atoms with Crippen LogP contribution in [0.2, 0.25) is 0 Å². The second kappa shape index (κ2) is 11.5. The number of ether oxygens (including phenoxy) is 3. The summed E-state index contributed by atoms with van der Waals surface area (Å²) in [7, 11) is 1.59. The van der Waals surface area contributed by atoms with Gasteiger partial charge in [0.25, 0.3) is 5.91 Å². The van der Waals surface area contributed by atoms with Gasteiger partial charge >= 0.3 is 0 Å². The van der Waals surface area contributed by atoms with E-state index < -0.39 is 6.29 Å². The summed E-state index contributed by atoms with van der Waals surface area (Å²) < 4.78 is 18.0. The number of halogens is 1. The van der Waals surface area contributed by atoms with E-state index in [1.807, 2.05) is 30.3 Å². The molecule has 0 aromatic heterocycles. The molecule has 0 radical (unpaired) electrons. The molecule has 6 nitrogen and oxygen atoms in total. The van der Waals surface area contributed by atoms with Gasteiger partial charge in [-0.15, -0.1) is 0 Å². The Morgan fingerprint density at radius 3 is 2.53 bits per heavy atom. The van der Waals surface area contributed by atoms with E-state index in [2.05, 4.69) is 52.2 Å². The second-order valence-corrected chi connectivity index (χ2v) is 8.25. The molecule has 2 aromatic carbocycles. The number of nitrogens with one attached hydrogen (secondary N) is 1. The van der Waals surface area contributed by atoms with E-state index in [1.54, 1.807) is 7.11 Å². The number of hydrogen-bond acceptors (Lipinski definition) is 5. The third kappa shape index (κ3) is 6.53. The third-order valence-corrected chi connectivity index (χ3v) is 5.53. The number of methoxy groups -OCH3 is 1. The van der Waals surface area contributed by atoms with Crippen LogP contribution in [0.5, 0.6) is 0 Å². The Labute approximate surface area is 190 Å². The Balaban J connectivity index is 1.70. The Hall–Kier alpha value is -1.94. The van der Waals surface area contributed by atoms with Gasteiger partial charge in [-0.1, -0.05) is 36.4 Å². The van der Waals surface area contributed by atoms with Gasteiger partial charge in [-0.3, -0.25) is 4.79 Å². The maximum absolute atomic E-state index is 12.6. The summed E-state index contributed by atoms with van der Waals surface area (Å²) in [6.07, 6.45) is 1.93. The quantitative estimate of drug-likeness (QED) is 0.389. The van der Waals surface area contributed by atoms with E-state index in [1.165, 1.54) is 0 Å². The van der Waals surface area contributed by atoms with Crippen LogP contribution in [-0.4, -0.2) is 37.6 Å². The molecule has 1 aliphatic heterocycles. The first-order valence-electron chi connectivity index (χ1n) is 9.80. The topological polar surface area (TPSA) is 77.0 Å². The Morgan fingerprint density at radius 1 is 1.17 bits per heavy atom. The van der Waals surface area contributed by atoms with Crippen LogP contribution in [0, 0.1) is 3.57 Å². The normalized spacial score (nSPS) is 18.4. The largest absolute Gasteiger partial charge is 0.459 e. The van der Waals surface area contributed by atoms with Gasteiger partial charge in [-0.2, -0.15) is 0 Å². The van der Waals surface area contributed by atoms with E-state index in [9.17, 15) is 9.90 Å². The molecule has 0 spiro atoms. The van der Waals surface area contributed by atoms with Crippen molar-refractivity contribution in [3.05, 3.63) is 80.6 Å². The van der Waals surface area contributed by atoms with Crippen molar-refractivity contribution < 1.29 is 24.1 Å². The van der Waals surface area contributed by atoms with Crippen molar-refractivity contribution in [3.8, 4) is 0 Å². The van der Waals surface area contributed by atoms with Crippen molar-refractivity contribution >= 4 is 28.5 Å². The van der Waals surface area contributed by atoms with Gasteiger partial charge < -0.3 is 24.6 Å². The van der Waals surface area contributed by atoms with Gasteiger partial charge in [0.05, 0.1) is 19.8 Å². The molecule has 0 bridgehead atoms. The van der Waals surface area contributed by atoms with Gasteiger partial charge in [0.2, 0.25) is 6.29 Å². The van der Waals surface area contributed by atoms with E-state index in [4.69, 9.17) is 14.2 Å². The van der Waals surface area contributed by atoms with E-state index >= 15 is 0 Å². The summed E-state index contributed by atoms with van der Waals surface area (Å²) in [6, 6.07) is 15.8. The summed E-state index contributed by atoms with van der Waals surface area (Å²) in [5.41, 5.74) is 2.94. The van der Waals surface area contributed by atoms with Crippen LogP contribution in [0.3, 0.4) is 0 Å². The average molecular weight is 523 g/mol. The number of benzene rings is 2. The van der Waals surface area contributed by atoms with Crippen molar-refractivity contribution in [2.75, 3.05) is 20.3 Å². The monoisotopic (exact) mass is 523 g/mol. The minimum Gasteiger partial charge on any atom is -0.459 e. The molecule has 0 aliphatic carbocycles. The number of aliphatic hydroxyl groups is 1. The first kappa shape index (κ1) is 22.7. The zero-order valence-electron chi connectivity index (χ0n) is 16.8. The molecule has 2 N–H and O–H groups in total. The molecule has 0 fully saturated rings. The van der Waals surface area contributed by atoms with Crippen LogP contribution in [-0.2, 0) is 32.2 Å². The maximum Gasteiger partial charge on any atom is 0.286 e. The molecule has 3 rings (SSSR count). The Kier molecular flexibility index (Phi) is 8.68. The highest BCUT2D eigenvalue weighted by atomic mass is 127. The van der Waals surface area contributed by atoms with Crippen LogP contribution in [0.15, 0.2) is 60.4 Å². The van der Waals surface area contributed by atoms with Crippen LogP contribution in [0.4, 0.5) is 0 Å². The molecular formula is C23H26INO5. The molecule has 160 valence electrons. The lowest BCUT2D eigenvalue weighted by molar-refractivity contribution is -0.150. The maximum atomic E-state index is 12.6.